The Morgan fingerprint density at radius 1 is 1.50 bits per heavy atom. The molecule has 0 spiro atoms. The summed E-state index contributed by atoms with van der Waals surface area (Å²) < 4.78 is 0. The van der Waals surface area contributed by atoms with E-state index in [-0.39, 0.29) is 18.8 Å². The van der Waals surface area contributed by atoms with E-state index in [1.807, 2.05) is 0 Å². The van der Waals surface area contributed by atoms with Crippen LogP contribution in [0.1, 0.15) is 5.69 Å². The second-order valence-electron chi connectivity index (χ2n) is 3.39. The van der Waals surface area contributed by atoms with Crippen LogP contribution in [0, 0.1) is 0 Å². The molecule has 8 nitrogen and oxygen atoms in total. The molecule has 8 heteroatoms. The molecule has 2 heterocycles. The number of fused-ring (bicyclic) bond motifs is 1. The van der Waals surface area contributed by atoms with E-state index in [9.17, 15) is 9.90 Å². The fourth-order valence-corrected chi connectivity index (χ4v) is 1.44. The summed E-state index contributed by atoms with van der Waals surface area (Å²) in [4.78, 5) is 17.1. The summed E-state index contributed by atoms with van der Waals surface area (Å²) in [5, 5.41) is 24.5. The lowest BCUT2D eigenvalue weighted by molar-refractivity contribution is 0.0949. The lowest BCUT2D eigenvalue weighted by atomic mass is 10.2. The van der Waals surface area contributed by atoms with Gasteiger partial charge in [0.1, 0.15) is 0 Å². The Bertz CT molecular complexity index is 560. The second kappa shape index (κ2) is 3.91. The smallest absolute Gasteiger partial charge is 0.347 e. The van der Waals surface area contributed by atoms with Gasteiger partial charge < -0.3 is 20.9 Å². The predicted molar refractivity (Wildman–Crippen MR) is 55.7 cm³/mol. The molecule has 0 fully saturated rings. The summed E-state index contributed by atoms with van der Waals surface area (Å²) >= 11 is 0. The summed E-state index contributed by atoms with van der Waals surface area (Å²) in [6.45, 7) is -0.370. The predicted octanol–water partition coefficient (Wildman–Crippen LogP) is -1.88. The summed E-state index contributed by atoms with van der Waals surface area (Å²) in [7, 11) is 0. The van der Waals surface area contributed by atoms with Crippen LogP contribution in [0.15, 0.2) is 4.79 Å². The number of aromatic amines is 2. The van der Waals surface area contributed by atoms with Crippen LogP contribution in [-0.2, 0) is 6.42 Å². The molecule has 1 atom stereocenters. The summed E-state index contributed by atoms with van der Waals surface area (Å²) in [5.41, 5.74) is 6.19. The first-order valence-electron chi connectivity index (χ1n) is 4.63. The van der Waals surface area contributed by atoms with E-state index >= 15 is 0 Å². The van der Waals surface area contributed by atoms with E-state index in [4.69, 9.17) is 10.8 Å². The largest absolute Gasteiger partial charge is 0.394 e. The number of H-pyrrole nitrogens is 2. The van der Waals surface area contributed by atoms with Crippen LogP contribution in [0.2, 0.25) is 0 Å². The minimum Gasteiger partial charge on any atom is -0.394 e. The maximum absolute atomic E-state index is 11.1. The minimum atomic E-state index is -0.915. The van der Waals surface area contributed by atoms with Crippen molar-refractivity contribution in [3.8, 4) is 0 Å². The SMILES string of the molecule is Nc1nc(=O)[nH]c2c(CC(O)CO)[nH]nc12. The molecule has 6 N–H and O–H groups in total. The maximum atomic E-state index is 11.1. The van der Waals surface area contributed by atoms with E-state index in [1.54, 1.807) is 0 Å². The molecule has 0 aliphatic rings. The Balaban J connectivity index is 2.51. The molecular formula is C8H11N5O3. The molecule has 0 aliphatic heterocycles. The van der Waals surface area contributed by atoms with E-state index < -0.39 is 11.8 Å². The number of nitrogens with two attached hydrogens (primary N) is 1. The van der Waals surface area contributed by atoms with Gasteiger partial charge in [0.05, 0.1) is 23.9 Å². The number of anilines is 1. The average molecular weight is 225 g/mol. The number of aromatic nitrogens is 4. The zero-order chi connectivity index (χ0) is 11.7. The number of aliphatic hydroxyl groups excluding tert-OH is 2. The number of nitrogens with zero attached hydrogens (tertiary/aromatic N) is 2. The van der Waals surface area contributed by atoms with Crippen LogP contribution in [0.25, 0.3) is 11.0 Å². The molecule has 0 amide bonds. The van der Waals surface area contributed by atoms with Gasteiger partial charge in [-0.2, -0.15) is 10.1 Å². The van der Waals surface area contributed by atoms with Crippen molar-refractivity contribution in [1.82, 2.24) is 20.2 Å². The van der Waals surface area contributed by atoms with Crippen LogP contribution >= 0.6 is 0 Å². The lowest BCUT2D eigenvalue weighted by Crippen LogP contribution is -2.17. The number of nitrogens with one attached hydrogen (secondary N) is 2. The molecule has 86 valence electrons. The summed E-state index contributed by atoms with van der Waals surface area (Å²) in [5.74, 6) is 0.0275. The molecule has 0 saturated heterocycles. The first kappa shape index (κ1) is 10.6. The standard InChI is InChI=1S/C8H11N5O3/c9-7-6-5(10-8(16)11-7)4(12-13-6)1-3(15)2-14/h3,14-15H,1-2H2,(H,12,13)(H3,9,10,11,16). The average Bonchev–Trinajstić information content (AvgIpc) is 2.61. The first-order valence-corrected chi connectivity index (χ1v) is 4.63. The zero-order valence-corrected chi connectivity index (χ0v) is 8.27. The monoisotopic (exact) mass is 225 g/mol. The van der Waals surface area contributed by atoms with E-state index in [1.165, 1.54) is 0 Å². The van der Waals surface area contributed by atoms with E-state index in [0.717, 1.165) is 0 Å². The summed E-state index contributed by atoms with van der Waals surface area (Å²) in [6, 6.07) is 0. The molecule has 0 aromatic carbocycles. The van der Waals surface area contributed by atoms with Gasteiger partial charge in [-0.15, -0.1) is 0 Å². The molecule has 2 aromatic rings. The number of aliphatic hydroxyl groups is 2. The Kier molecular flexibility index (Phi) is 2.59. The van der Waals surface area contributed by atoms with Crippen LogP contribution < -0.4 is 11.4 Å². The Hall–Kier alpha value is -1.93. The molecular weight excluding hydrogens is 214 g/mol. The van der Waals surface area contributed by atoms with Gasteiger partial charge in [-0.1, -0.05) is 0 Å². The van der Waals surface area contributed by atoms with Crippen LogP contribution in [0.4, 0.5) is 5.82 Å². The Morgan fingerprint density at radius 2 is 2.25 bits per heavy atom. The van der Waals surface area contributed by atoms with Crippen LogP contribution in [0.5, 0.6) is 0 Å². The fourth-order valence-electron chi connectivity index (χ4n) is 1.44. The number of nitrogen functional groups attached to an aromatic ring is 1. The zero-order valence-electron chi connectivity index (χ0n) is 8.27. The highest BCUT2D eigenvalue weighted by atomic mass is 16.3. The van der Waals surface area contributed by atoms with E-state index in [2.05, 4.69) is 20.2 Å². The molecule has 2 rings (SSSR count). The van der Waals surface area contributed by atoms with E-state index in [0.29, 0.717) is 16.7 Å². The van der Waals surface area contributed by atoms with Crippen molar-refractivity contribution in [2.75, 3.05) is 12.3 Å². The third-order valence-corrected chi connectivity index (χ3v) is 2.19. The van der Waals surface area contributed by atoms with Crippen molar-refractivity contribution in [2.24, 2.45) is 0 Å². The number of hydrogen-bond donors (Lipinski definition) is 5. The third-order valence-electron chi connectivity index (χ3n) is 2.19. The van der Waals surface area contributed by atoms with Gasteiger partial charge >= 0.3 is 5.69 Å². The van der Waals surface area contributed by atoms with Gasteiger partial charge in [-0.25, -0.2) is 4.79 Å². The quantitative estimate of drug-likeness (QED) is 0.414. The molecule has 0 radical (unpaired) electrons. The van der Waals surface area contributed by atoms with Gasteiger partial charge in [0.15, 0.2) is 11.3 Å². The van der Waals surface area contributed by atoms with Gasteiger partial charge in [-0.05, 0) is 0 Å². The maximum Gasteiger partial charge on any atom is 0.347 e. The fraction of sp³-hybridized carbons (Fsp3) is 0.375. The topological polar surface area (TPSA) is 141 Å². The number of hydrogen-bond acceptors (Lipinski definition) is 6. The second-order valence-corrected chi connectivity index (χ2v) is 3.39. The van der Waals surface area contributed by atoms with Crippen LogP contribution in [0.3, 0.4) is 0 Å². The number of rotatable bonds is 3. The highest BCUT2D eigenvalue weighted by Crippen LogP contribution is 2.16. The van der Waals surface area contributed by atoms with Gasteiger partial charge in [0.2, 0.25) is 0 Å². The lowest BCUT2D eigenvalue weighted by Gasteiger charge is -2.04. The van der Waals surface area contributed by atoms with Crippen molar-refractivity contribution in [1.29, 1.82) is 0 Å². The minimum absolute atomic E-state index is 0.0275. The molecule has 16 heavy (non-hydrogen) atoms. The highest BCUT2D eigenvalue weighted by molar-refractivity contribution is 5.85. The van der Waals surface area contributed by atoms with Crippen molar-refractivity contribution in [3.05, 3.63) is 16.2 Å². The Labute approximate surface area is 89.1 Å². The molecule has 1 unspecified atom stereocenters. The van der Waals surface area contributed by atoms with Gasteiger partial charge in [-0.3, -0.25) is 5.10 Å². The summed E-state index contributed by atoms with van der Waals surface area (Å²) in [6.07, 6.45) is -0.770. The molecule has 2 aromatic heterocycles. The van der Waals surface area contributed by atoms with Gasteiger partial charge in [0.25, 0.3) is 0 Å². The first-order chi connectivity index (χ1) is 7.61. The van der Waals surface area contributed by atoms with Crippen molar-refractivity contribution >= 4 is 16.9 Å². The Morgan fingerprint density at radius 3 is 2.94 bits per heavy atom. The highest BCUT2D eigenvalue weighted by Gasteiger charge is 2.13. The van der Waals surface area contributed by atoms with Crippen molar-refractivity contribution in [3.63, 3.8) is 0 Å². The molecule has 0 saturated carbocycles. The molecule has 0 aliphatic carbocycles. The van der Waals surface area contributed by atoms with Crippen molar-refractivity contribution in [2.45, 2.75) is 12.5 Å². The van der Waals surface area contributed by atoms with Crippen LogP contribution in [-0.4, -0.2) is 43.1 Å². The normalized spacial score (nSPS) is 13.1. The van der Waals surface area contributed by atoms with Crippen molar-refractivity contribution < 1.29 is 10.2 Å². The molecule has 0 bridgehead atoms. The van der Waals surface area contributed by atoms with Gasteiger partial charge in [0, 0.05) is 6.42 Å². The third kappa shape index (κ3) is 1.75.